The van der Waals surface area contributed by atoms with Gasteiger partial charge < -0.3 is 15.4 Å². The quantitative estimate of drug-likeness (QED) is 0.900. The van der Waals surface area contributed by atoms with E-state index in [0.29, 0.717) is 28.3 Å². The zero-order valence-corrected chi connectivity index (χ0v) is 14.0. The van der Waals surface area contributed by atoms with Gasteiger partial charge in [-0.15, -0.1) is 0 Å². The van der Waals surface area contributed by atoms with Crippen LogP contribution in [-0.4, -0.2) is 35.9 Å². The Hall–Kier alpha value is -1.46. The summed E-state index contributed by atoms with van der Waals surface area (Å²) in [5.74, 6) is 0.275. The first kappa shape index (κ1) is 16.4. The Bertz CT molecular complexity index is 638. The van der Waals surface area contributed by atoms with E-state index < -0.39 is 11.9 Å². The first-order chi connectivity index (χ1) is 11.0. The number of amides is 2. The van der Waals surface area contributed by atoms with Gasteiger partial charge in [-0.25, -0.2) is 0 Å². The highest BCUT2D eigenvalue weighted by molar-refractivity contribution is 6.35. The largest absolute Gasteiger partial charge is 0.482 e. The number of halogens is 2. The van der Waals surface area contributed by atoms with Crippen LogP contribution in [0.5, 0.6) is 5.75 Å². The van der Waals surface area contributed by atoms with Crippen molar-refractivity contribution < 1.29 is 14.3 Å². The van der Waals surface area contributed by atoms with E-state index in [1.807, 2.05) is 0 Å². The summed E-state index contributed by atoms with van der Waals surface area (Å²) >= 11 is 11.8. The standard InChI is InChI=1S/C16H18Cl2N2O3/c17-10-4-5-13(12(18)6-10)23-8-14(21)20-7-9-2-1-3-11(9)15(20)16(19)22/h4-6,9,11,15H,1-3,7-8H2,(H2,19,22). The summed E-state index contributed by atoms with van der Waals surface area (Å²) in [5, 5.41) is 0.838. The lowest BCUT2D eigenvalue weighted by atomic mass is 9.94. The minimum atomic E-state index is -0.515. The highest BCUT2D eigenvalue weighted by atomic mass is 35.5. The van der Waals surface area contributed by atoms with Gasteiger partial charge in [0, 0.05) is 11.6 Å². The number of nitrogens with zero attached hydrogens (tertiary/aromatic N) is 1. The molecular weight excluding hydrogens is 339 g/mol. The van der Waals surface area contributed by atoms with Gasteiger partial charge in [-0.05, 0) is 42.9 Å². The monoisotopic (exact) mass is 356 g/mol. The molecular formula is C16H18Cl2N2O3. The van der Waals surface area contributed by atoms with E-state index in [-0.39, 0.29) is 18.4 Å². The fourth-order valence-corrected chi connectivity index (χ4v) is 4.20. The molecule has 1 heterocycles. The molecule has 1 aliphatic carbocycles. The van der Waals surface area contributed by atoms with E-state index in [1.54, 1.807) is 23.1 Å². The molecule has 2 aliphatic rings. The van der Waals surface area contributed by atoms with Crippen molar-refractivity contribution in [2.24, 2.45) is 17.6 Å². The first-order valence-electron chi connectivity index (χ1n) is 7.64. The van der Waals surface area contributed by atoms with Crippen LogP contribution < -0.4 is 10.5 Å². The molecule has 1 saturated heterocycles. The Balaban J connectivity index is 1.66. The van der Waals surface area contributed by atoms with Crippen molar-refractivity contribution in [3.8, 4) is 5.75 Å². The van der Waals surface area contributed by atoms with Gasteiger partial charge in [-0.2, -0.15) is 0 Å². The van der Waals surface area contributed by atoms with E-state index in [4.69, 9.17) is 33.7 Å². The predicted octanol–water partition coefficient (Wildman–Crippen LogP) is 2.48. The zero-order chi connectivity index (χ0) is 16.6. The van der Waals surface area contributed by atoms with Crippen LogP contribution >= 0.6 is 23.2 Å². The number of hydrogen-bond acceptors (Lipinski definition) is 3. The minimum Gasteiger partial charge on any atom is -0.482 e. The van der Waals surface area contributed by atoms with E-state index in [0.717, 1.165) is 19.3 Å². The van der Waals surface area contributed by atoms with Crippen molar-refractivity contribution in [3.63, 3.8) is 0 Å². The molecule has 1 aromatic carbocycles. The van der Waals surface area contributed by atoms with Crippen molar-refractivity contribution in [1.82, 2.24) is 4.90 Å². The van der Waals surface area contributed by atoms with E-state index in [2.05, 4.69) is 0 Å². The number of nitrogens with two attached hydrogens (primary N) is 1. The molecule has 1 aliphatic heterocycles. The van der Waals surface area contributed by atoms with Crippen LogP contribution in [0.3, 0.4) is 0 Å². The topological polar surface area (TPSA) is 72.6 Å². The molecule has 2 amide bonds. The molecule has 7 heteroatoms. The maximum Gasteiger partial charge on any atom is 0.261 e. The predicted molar refractivity (Wildman–Crippen MR) is 87.5 cm³/mol. The normalized spacial score (nSPS) is 26.2. The van der Waals surface area contributed by atoms with Gasteiger partial charge in [0.15, 0.2) is 6.61 Å². The summed E-state index contributed by atoms with van der Waals surface area (Å²) in [5.41, 5.74) is 5.52. The third-order valence-electron chi connectivity index (χ3n) is 4.75. The number of primary amides is 1. The van der Waals surface area contributed by atoms with Crippen molar-refractivity contribution in [1.29, 1.82) is 0 Å². The molecule has 2 fully saturated rings. The van der Waals surface area contributed by atoms with Crippen molar-refractivity contribution in [2.75, 3.05) is 13.2 Å². The minimum absolute atomic E-state index is 0.176. The average Bonchev–Trinajstić information content (AvgIpc) is 3.05. The van der Waals surface area contributed by atoms with Crippen LogP contribution in [-0.2, 0) is 9.59 Å². The molecule has 23 heavy (non-hydrogen) atoms. The molecule has 124 valence electrons. The van der Waals surface area contributed by atoms with Gasteiger partial charge in [-0.1, -0.05) is 29.6 Å². The van der Waals surface area contributed by atoms with Gasteiger partial charge >= 0.3 is 0 Å². The second-order valence-corrected chi connectivity index (χ2v) is 6.96. The van der Waals surface area contributed by atoms with Crippen LogP contribution in [0.2, 0.25) is 10.0 Å². The summed E-state index contributed by atoms with van der Waals surface area (Å²) in [6.07, 6.45) is 3.09. The lowest BCUT2D eigenvalue weighted by Crippen LogP contribution is -2.48. The number of ether oxygens (including phenoxy) is 1. The van der Waals surface area contributed by atoms with Gasteiger partial charge in [0.05, 0.1) is 5.02 Å². The molecule has 1 saturated carbocycles. The van der Waals surface area contributed by atoms with Gasteiger partial charge in [0.2, 0.25) is 5.91 Å². The van der Waals surface area contributed by atoms with Gasteiger partial charge in [-0.3, -0.25) is 9.59 Å². The maximum absolute atomic E-state index is 12.5. The molecule has 3 unspecified atom stereocenters. The third kappa shape index (κ3) is 3.26. The van der Waals surface area contributed by atoms with Crippen molar-refractivity contribution in [3.05, 3.63) is 28.2 Å². The fourth-order valence-electron chi connectivity index (χ4n) is 3.74. The van der Waals surface area contributed by atoms with Crippen molar-refractivity contribution in [2.45, 2.75) is 25.3 Å². The van der Waals surface area contributed by atoms with Gasteiger partial charge in [0.25, 0.3) is 5.91 Å². The van der Waals surface area contributed by atoms with Crippen LogP contribution in [0.15, 0.2) is 18.2 Å². The third-order valence-corrected chi connectivity index (χ3v) is 5.28. The Kier molecular flexibility index (Phi) is 4.69. The van der Waals surface area contributed by atoms with Crippen LogP contribution in [0.4, 0.5) is 0 Å². The Morgan fingerprint density at radius 1 is 1.30 bits per heavy atom. The molecule has 2 N–H and O–H groups in total. The summed E-state index contributed by atoms with van der Waals surface area (Å²) < 4.78 is 5.48. The summed E-state index contributed by atoms with van der Waals surface area (Å²) in [7, 11) is 0. The number of benzene rings is 1. The number of carbonyl (C=O) groups excluding carboxylic acids is 2. The number of fused-ring (bicyclic) bond motifs is 1. The van der Waals surface area contributed by atoms with Crippen molar-refractivity contribution >= 4 is 35.0 Å². The Morgan fingerprint density at radius 2 is 2.09 bits per heavy atom. The second-order valence-electron chi connectivity index (χ2n) is 6.11. The lowest BCUT2D eigenvalue weighted by molar-refractivity contribution is -0.139. The molecule has 5 nitrogen and oxygen atoms in total. The van der Waals surface area contributed by atoms with E-state index in [9.17, 15) is 9.59 Å². The average molecular weight is 357 g/mol. The van der Waals surface area contributed by atoms with Gasteiger partial charge in [0.1, 0.15) is 11.8 Å². The summed E-state index contributed by atoms with van der Waals surface area (Å²) in [6, 6.07) is 4.29. The number of carbonyl (C=O) groups is 2. The first-order valence-corrected chi connectivity index (χ1v) is 8.39. The smallest absolute Gasteiger partial charge is 0.261 e. The molecule has 0 aromatic heterocycles. The number of hydrogen-bond donors (Lipinski definition) is 1. The highest BCUT2D eigenvalue weighted by Gasteiger charge is 2.48. The Morgan fingerprint density at radius 3 is 2.78 bits per heavy atom. The molecule has 0 radical (unpaired) electrons. The number of likely N-dealkylation sites (tertiary alicyclic amines) is 1. The zero-order valence-electron chi connectivity index (χ0n) is 12.5. The van der Waals surface area contributed by atoms with Crippen LogP contribution in [0, 0.1) is 11.8 Å². The Labute approximate surface area is 144 Å². The van der Waals surface area contributed by atoms with E-state index >= 15 is 0 Å². The molecule has 1 aromatic rings. The summed E-state index contributed by atoms with van der Waals surface area (Å²) in [6.45, 7) is 0.402. The second kappa shape index (κ2) is 6.57. The van der Waals surface area contributed by atoms with Crippen LogP contribution in [0.25, 0.3) is 0 Å². The molecule has 3 rings (SSSR count). The summed E-state index contributed by atoms with van der Waals surface area (Å²) in [4.78, 5) is 25.8. The highest BCUT2D eigenvalue weighted by Crippen LogP contribution is 2.42. The maximum atomic E-state index is 12.5. The fraction of sp³-hybridized carbons (Fsp3) is 0.500. The molecule has 0 bridgehead atoms. The SMILES string of the molecule is NC(=O)C1C2CCCC2CN1C(=O)COc1ccc(Cl)cc1Cl. The molecule has 3 atom stereocenters. The number of rotatable bonds is 4. The lowest BCUT2D eigenvalue weighted by Gasteiger charge is -2.25. The van der Waals surface area contributed by atoms with E-state index in [1.165, 1.54) is 0 Å². The van der Waals surface area contributed by atoms with Crippen LogP contribution in [0.1, 0.15) is 19.3 Å². The molecule has 0 spiro atoms.